The van der Waals surface area contributed by atoms with Crippen molar-refractivity contribution >= 4 is 35.2 Å². The molecule has 0 bridgehead atoms. The first-order valence-electron chi connectivity index (χ1n) is 11.0. The Bertz CT molecular complexity index is 1100. The molecular weight excluding hydrogens is 432 g/mol. The molecule has 0 spiro atoms. The third kappa shape index (κ3) is 3.47. The molecule has 8 nitrogen and oxygen atoms in total. The van der Waals surface area contributed by atoms with Gasteiger partial charge < -0.3 is 20.1 Å². The van der Waals surface area contributed by atoms with Gasteiger partial charge in [0.1, 0.15) is 11.9 Å². The number of hydrogen-bond donors (Lipinski definition) is 2. The van der Waals surface area contributed by atoms with E-state index in [9.17, 15) is 9.59 Å². The SMILES string of the molecule is O=C1COc2ccc(N3CC([C@H]4C[C@H](NC5Cc6cccc(Cl)c6C5)C4)OC3=O)nc2N1. The number of carbonyl (C=O) groups is 2. The predicted molar refractivity (Wildman–Crippen MR) is 118 cm³/mol. The zero-order valence-electron chi connectivity index (χ0n) is 17.3. The highest BCUT2D eigenvalue weighted by atomic mass is 35.5. The van der Waals surface area contributed by atoms with Crippen LogP contribution in [0.3, 0.4) is 0 Å². The Kier molecular flexibility index (Phi) is 4.73. The van der Waals surface area contributed by atoms with Crippen molar-refractivity contribution in [1.82, 2.24) is 10.3 Å². The van der Waals surface area contributed by atoms with E-state index in [1.165, 1.54) is 16.0 Å². The molecule has 9 heteroatoms. The highest BCUT2D eigenvalue weighted by Crippen LogP contribution is 2.38. The van der Waals surface area contributed by atoms with Crippen LogP contribution in [0.5, 0.6) is 5.75 Å². The molecule has 3 heterocycles. The average molecular weight is 455 g/mol. The van der Waals surface area contributed by atoms with Gasteiger partial charge in [-0.3, -0.25) is 9.69 Å². The number of fused-ring (bicyclic) bond motifs is 2. The fraction of sp³-hybridized carbons (Fsp3) is 0.435. The lowest BCUT2D eigenvalue weighted by Crippen LogP contribution is -2.50. The second-order valence-electron chi connectivity index (χ2n) is 8.96. The predicted octanol–water partition coefficient (Wildman–Crippen LogP) is 2.93. The molecule has 1 aromatic carbocycles. The van der Waals surface area contributed by atoms with Crippen LogP contribution >= 0.6 is 11.6 Å². The minimum atomic E-state index is -0.400. The maximum absolute atomic E-state index is 12.5. The molecule has 2 aliphatic heterocycles. The van der Waals surface area contributed by atoms with Crippen molar-refractivity contribution in [2.24, 2.45) is 5.92 Å². The molecule has 2 aliphatic carbocycles. The monoisotopic (exact) mass is 454 g/mol. The molecule has 2 aromatic rings. The number of nitrogens with zero attached hydrogens (tertiary/aromatic N) is 2. The molecule has 2 N–H and O–H groups in total. The lowest BCUT2D eigenvalue weighted by Gasteiger charge is -2.39. The largest absolute Gasteiger partial charge is 0.480 e. The first-order valence-corrected chi connectivity index (χ1v) is 11.4. The maximum atomic E-state index is 12.5. The number of rotatable bonds is 4. The number of benzene rings is 1. The van der Waals surface area contributed by atoms with E-state index in [4.69, 9.17) is 21.1 Å². The normalized spacial score (nSPS) is 28.3. The van der Waals surface area contributed by atoms with Crippen LogP contribution in [0.15, 0.2) is 30.3 Å². The Morgan fingerprint density at radius 2 is 2.00 bits per heavy atom. The van der Waals surface area contributed by atoms with E-state index in [1.807, 2.05) is 12.1 Å². The summed E-state index contributed by atoms with van der Waals surface area (Å²) in [5.74, 6) is 1.36. The highest BCUT2D eigenvalue weighted by Gasteiger charge is 2.44. The van der Waals surface area contributed by atoms with Crippen LogP contribution in [-0.2, 0) is 22.4 Å². The van der Waals surface area contributed by atoms with E-state index in [2.05, 4.69) is 21.7 Å². The van der Waals surface area contributed by atoms with E-state index < -0.39 is 6.09 Å². The maximum Gasteiger partial charge on any atom is 0.415 e. The number of pyridine rings is 1. The average Bonchev–Trinajstić information content (AvgIpc) is 3.33. The quantitative estimate of drug-likeness (QED) is 0.738. The van der Waals surface area contributed by atoms with Crippen LogP contribution < -0.4 is 20.3 Å². The van der Waals surface area contributed by atoms with Crippen LogP contribution in [0.4, 0.5) is 16.4 Å². The summed E-state index contributed by atoms with van der Waals surface area (Å²) in [6, 6.07) is 10.4. The van der Waals surface area contributed by atoms with Crippen molar-refractivity contribution in [3.05, 3.63) is 46.5 Å². The molecule has 2 amide bonds. The van der Waals surface area contributed by atoms with Crippen molar-refractivity contribution in [2.75, 3.05) is 23.4 Å². The number of ether oxygens (including phenoxy) is 2. The third-order valence-corrected chi connectivity index (χ3v) is 7.23. The fourth-order valence-electron chi connectivity index (χ4n) is 5.18. The Morgan fingerprint density at radius 3 is 2.84 bits per heavy atom. The van der Waals surface area contributed by atoms with E-state index in [0.29, 0.717) is 41.9 Å². The van der Waals surface area contributed by atoms with Crippen molar-refractivity contribution in [1.29, 1.82) is 0 Å². The van der Waals surface area contributed by atoms with Gasteiger partial charge in [0.2, 0.25) is 0 Å². The van der Waals surface area contributed by atoms with Gasteiger partial charge in [-0.1, -0.05) is 23.7 Å². The van der Waals surface area contributed by atoms with Crippen molar-refractivity contribution in [3.8, 4) is 5.75 Å². The first kappa shape index (κ1) is 19.8. The molecule has 1 aromatic heterocycles. The van der Waals surface area contributed by atoms with Gasteiger partial charge in [0.15, 0.2) is 18.2 Å². The minimum Gasteiger partial charge on any atom is -0.480 e. The molecular formula is C23H23ClN4O4. The van der Waals surface area contributed by atoms with Gasteiger partial charge in [0.25, 0.3) is 5.91 Å². The van der Waals surface area contributed by atoms with Gasteiger partial charge in [-0.15, -0.1) is 0 Å². The lowest BCUT2D eigenvalue weighted by atomic mass is 9.76. The molecule has 1 saturated heterocycles. The Balaban J connectivity index is 1.04. The Labute approximate surface area is 190 Å². The summed E-state index contributed by atoms with van der Waals surface area (Å²) in [5, 5.41) is 7.29. The molecule has 0 radical (unpaired) electrons. The summed E-state index contributed by atoms with van der Waals surface area (Å²) < 4.78 is 11.0. The molecule has 2 fully saturated rings. The number of cyclic esters (lactones) is 1. The zero-order chi connectivity index (χ0) is 21.8. The molecule has 1 saturated carbocycles. The van der Waals surface area contributed by atoms with Crippen LogP contribution in [0, 0.1) is 5.92 Å². The highest BCUT2D eigenvalue weighted by molar-refractivity contribution is 6.31. The summed E-state index contributed by atoms with van der Waals surface area (Å²) in [6.07, 6.45) is 3.38. The molecule has 2 unspecified atom stereocenters. The number of hydrogen-bond acceptors (Lipinski definition) is 6. The van der Waals surface area contributed by atoms with Crippen LogP contribution in [0.25, 0.3) is 0 Å². The number of nitrogens with one attached hydrogen (secondary N) is 2. The summed E-state index contributed by atoms with van der Waals surface area (Å²) in [4.78, 5) is 30.0. The molecule has 6 rings (SSSR count). The lowest BCUT2D eigenvalue weighted by molar-refractivity contribution is -0.118. The van der Waals surface area contributed by atoms with Gasteiger partial charge in [-0.05, 0) is 55.0 Å². The molecule has 2 atom stereocenters. The minimum absolute atomic E-state index is 0.0290. The summed E-state index contributed by atoms with van der Waals surface area (Å²) in [7, 11) is 0. The van der Waals surface area contributed by atoms with E-state index in [-0.39, 0.29) is 18.6 Å². The van der Waals surface area contributed by atoms with Crippen molar-refractivity contribution in [2.45, 2.75) is 43.9 Å². The van der Waals surface area contributed by atoms with Gasteiger partial charge >= 0.3 is 6.09 Å². The summed E-state index contributed by atoms with van der Waals surface area (Å²) in [5.41, 5.74) is 2.60. The van der Waals surface area contributed by atoms with Gasteiger partial charge in [-0.2, -0.15) is 0 Å². The summed E-state index contributed by atoms with van der Waals surface area (Å²) in [6.45, 7) is 0.431. The van der Waals surface area contributed by atoms with E-state index >= 15 is 0 Å². The van der Waals surface area contributed by atoms with Crippen LogP contribution in [0.2, 0.25) is 5.02 Å². The molecule has 32 heavy (non-hydrogen) atoms. The molecule has 166 valence electrons. The number of amides is 2. The summed E-state index contributed by atoms with van der Waals surface area (Å²) >= 11 is 6.34. The number of carbonyl (C=O) groups excluding carboxylic acids is 2. The fourth-order valence-corrected chi connectivity index (χ4v) is 5.45. The number of anilines is 2. The standard InChI is InChI=1S/C23H23ClN4O4/c24-17-3-1-2-12-6-15(9-16(12)17)25-14-7-13(8-14)19-10-28(23(30)32-19)20-5-4-18-22(26-20)27-21(29)11-31-18/h1-5,13-15,19,25H,6-11H2,(H,26,27,29)/t13-,14-,15?,19?. The van der Waals surface area contributed by atoms with Crippen molar-refractivity contribution < 1.29 is 19.1 Å². The topological polar surface area (TPSA) is 92.8 Å². The van der Waals surface area contributed by atoms with Crippen LogP contribution in [-0.4, -0.2) is 48.3 Å². The van der Waals surface area contributed by atoms with Gasteiger partial charge in [0, 0.05) is 23.0 Å². The smallest absolute Gasteiger partial charge is 0.415 e. The number of aromatic nitrogens is 1. The molecule has 4 aliphatic rings. The van der Waals surface area contributed by atoms with Gasteiger partial charge in [0.05, 0.1) is 6.54 Å². The second-order valence-corrected chi connectivity index (χ2v) is 9.37. The second kappa shape index (κ2) is 7.64. The van der Waals surface area contributed by atoms with E-state index in [0.717, 1.165) is 30.7 Å². The van der Waals surface area contributed by atoms with Crippen molar-refractivity contribution in [3.63, 3.8) is 0 Å². The zero-order valence-corrected chi connectivity index (χ0v) is 18.1. The number of halogens is 1. The Hall–Kier alpha value is -2.84. The van der Waals surface area contributed by atoms with Gasteiger partial charge in [-0.25, -0.2) is 9.78 Å². The van der Waals surface area contributed by atoms with E-state index in [1.54, 1.807) is 12.1 Å². The first-order chi connectivity index (χ1) is 15.5. The van der Waals surface area contributed by atoms with Crippen LogP contribution in [0.1, 0.15) is 24.0 Å². The Morgan fingerprint density at radius 1 is 1.12 bits per heavy atom. The third-order valence-electron chi connectivity index (χ3n) is 6.88.